The largest absolute Gasteiger partial charge is 0.370 e. The molecule has 0 saturated carbocycles. The van der Waals surface area contributed by atoms with Crippen molar-refractivity contribution >= 4 is 17.8 Å². The minimum Gasteiger partial charge on any atom is -0.370 e. The van der Waals surface area contributed by atoms with Gasteiger partial charge in [0.15, 0.2) is 0 Å². The van der Waals surface area contributed by atoms with Gasteiger partial charge in [0.2, 0.25) is 17.8 Å². The molecule has 1 aromatic heterocycles. The third-order valence-corrected chi connectivity index (χ3v) is 1.42. The number of carbonyl (C=O) groups is 1. The average Bonchev–Trinajstić information content (AvgIpc) is 2.01. The first-order chi connectivity index (χ1) is 6.58. The highest BCUT2D eigenvalue weighted by molar-refractivity contribution is 5.74. The molecule has 1 heterocycles. The molecule has 0 aliphatic rings. The number of hydrogen-bond acceptors (Lipinski definition) is 6. The first-order valence-corrected chi connectivity index (χ1v) is 4.08. The quantitative estimate of drug-likeness (QED) is 0.571. The molecular formula is C7H12N6O. The van der Waals surface area contributed by atoms with E-state index in [2.05, 4.69) is 20.3 Å². The Morgan fingerprint density at radius 3 is 2.71 bits per heavy atom. The van der Waals surface area contributed by atoms with Crippen molar-refractivity contribution in [2.45, 2.75) is 13.3 Å². The third-order valence-electron chi connectivity index (χ3n) is 1.42. The summed E-state index contributed by atoms with van der Waals surface area (Å²) in [6.45, 7) is 2.09. The number of nitrogens with two attached hydrogens (primary N) is 2. The zero-order valence-electron chi connectivity index (χ0n) is 7.82. The highest BCUT2D eigenvalue weighted by Crippen LogP contribution is 2.00. The van der Waals surface area contributed by atoms with E-state index < -0.39 is 0 Å². The van der Waals surface area contributed by atoms with Gasteiger partial charge in [-0.05, 0) is 6.92 Å². The lowest BCUT2D eigenvalue weighted by Gasteiger charge is -2.03. The van der Waals surface area contributed by atoms with Gasteiger partial charge in [0.05, 0.1) is 0 Å². The van der Waals surface area contributed by atoms with Gasteiger partial charge < -0.3 is 16.8 Å². The topological polar surface area (TPSA) is 120 Å². The number of anilines is 2. The van der Waals surface area contributed by atoms with Crippen molar-refractivity contribution in [3.05, 3.63) is 5.82 Å². The van der Waals surface area contributed by atoms with Gasteiger partial charge in [0.1, 0.15) is 5.82 Å². The highest BCUT2D eigenvalue weighted by Gasteiger charge is 2.00. The second-order valence-corrected chi connectivity index (χ2v) is 2.71. The predicted molar refractivity (Wildman–Crippen MR) is 51.3 cm³/mol. The third kappa shape index (κ3) is 3.21. The van der Waals surface area contributed by atoms with Crippen LogP contribution in [0.1, 0.15) is 12.2 Å². The Hall–Kier alpha value is -1.92. The first kappa shape index (κ1) is 10.2. The predicted octanol–water partition coefficient (Wildman–Crippen LogP) is -0.950. The number of nitrogens with zero attached hydrogens (tertiary/aromatic N) is 3. The van der Waals surface area contributed by atoms with E-state index >= 15 is 0 Å². The van der Waals surface area contributed by atoms with Gasteiger partial charge in [0, 0.05) is 13.0 Å². The molecule has 0 fully saturated rings. The Labute approximate surface area is 80.9 Å². The van der Waals surface area contributed by atoms with Gasteiger partial charge in [-0.3, -0.25) is 4.79 Å². The first-order valence-electron chi connectivity index (χ1n) is 4.08. The van der Waals surface area contributed by atoms with E-state index in [-0.39, 0.29) is 18.3 Å². The van der Waals surface area contributed by atoms with Gasteiger partial charge in [-0.15, -0.1) is 0 Å². The zero-order valence-corrected chi connectivity index (χ0v) is 7.82. The molecule has 76 valence electrons. The van der Waals surface area contributed by atoms with Crippen molar-refractivity contribution in [3.8, 4) is 0 Å². The molecule has 0 radical (unpaired) electrons. The van der Waals surface area contributed by atoms with Crippen molar-refractivity contribution in [2.24, 2.45) is 5.73 Å². The Kier molecular flexibility index (Phi) is 3.16. The Bertz CT molecular complexity index is 319. The number of amides is 1. The van der Waals surface area contributed by atoms with E-state index in [9.17, 15) is 4.79 Å². The number of rotatable bonds is 4. The maximum atomic E-state index is 10.4. The molecule has 1 amide bonds. The molecule has 7 nitrogen and oxygen atoms in total. The van der Waals surface area contributed by atoms with Gasteiger partial charge in [0.25, 0.3) is 0 Å². The minimum atomic E-state index is -0.378. The maximum Gasteiger partial charge on any atom is 0.227 e. The molecule has 0 unspecified atom stereocenters. The second kappa shape index (κ2) is 4.35. The van der Waals surface area contributed by atoms with E-state index in [0.717, 1.165) is 0 Å². The van der Waals surface area contributed by atoms with Crippen LogP contribution in [0.3, 0.4) is 0 Å². The number of carbonyl (C=O) groups excluding carboxylic acids is 1. The van der Waals surface area contributed by atoms with Gasteiger partial charge in [-0.2, -0.15) is 15.0 Å². The van der Waals surface area contributed by atoms with Crippen molar-refractivity contribution < 1.29 is 4.79 Å². The van der Waals surface area contributed by atoms with Gasteiger partial charge in [-0.1, -0.05) is 0 Å². The molecular weight excluding hydrogens is 184 g/mol. The molecule has 0 aromatic carbocycles. The van der Waals surface area contributed by atoms with Crippen LogP contribution in [-0.4, -0.2) is 27.4 Å². The van der Waals surface area contributed by atoms with Crippen molar-refractivity contribution in [1.82, 2.24) is 15.0 Å². The summed E-state index contributed by atoms with van der Waals surface area (Å²) in [6, 6.07) is 0. The fraction of sp³-hybridized carbons (Fsp3) is 0.429. The molecule has 0 atom stereocenters. The Balaban J connectivity index is 2.54. The van der Waals surface area contributed by atoms with Crippen LogP contribution in [-0.2, 0) is 4.79 Å². The summed E-state index contributed by atoms with van der Waals surface area (Å²) in [5, 5.41) is 2.81. The monoisotopic (exact) mass is 196 g/mol. The zero-order chi connectivity index (χ0) is 10.6. The van der Waals surface area contributed by atoms with Crippen LogP contribution in [0.15, 0.2) is 0 Å². The summed E-state index contributed by atoms with van der Waals surface area (Å²) in [5.74, 6) is 0.658. The lowest BCUT2D eigenvalue weighted by atomic mass is 10.4. The molecule has 0 aliphatic heterocycles. The Morgan fingerprint density at radius 2 is 2.14 bits per heavy atom. The summed E-state index contributed by atoms with van der Waals surface area (Å²) >= 11 is 0. The van der Waals surface area contributed by atoms with Gasteiger partial charge >= 0.3 is 0 Å². The van der Waals surface area contributed by atoms with E-state index in [1.165, 1.54) is 0 Å². The average molecular weight is 196 g/mol. The highest BCUT2D eigenvalue weighted by atomic mass is 16.1. The number of nitrogen functional groups attached to an aromatic ring is 1. The molecule has 5 N–H and O–H groups in total. The lowest BCUT2D eigenvalue weighted by Crippen LogP contribution is -2.17. The van der Waals surface area contributed by atoms with Crippen LogP contribution in [0.25, 0.3) is 0 Å². The summed E-state index contributed by atoms with van der Waals surface area (Å²) in [5.41, 5.74) is 10.4. The van der Waals surface area contributed by atoms with E-state index in [4.69, 9.17) is 11.5 Å². The van der Waals surface area contributed by atoms with Gasteiger partial charge in [-0.25, -0.2) is 0 Å². The summed E-state index contributed by atoms with van der Waals surface area (Å²) in [7, 11) is 0. The van der Waals surface area contributed by atoms with Crippen molar-refractivity contribution in [2.75, 3.05) is 17.6 Å². The maximum absolute atomic E-state index is 10.4. The van der Waals surface area contributed by atoms with E-state index in [1.54, 1.807) is 6.92 Å². The standard InChI is InChI=1S/C7H12N6O/c1-4-11-6(9)13-7(12-4)10-3-2-5(8)14/h2-3H2,1H3,(H2,8,14)(H3,9,10,11,12,13). The summed E-state index contributed by atoms with van der Waals surface area (Å²) in [6.07, 6.45) is 0.227. The van der Waals surface area contributed by atoms with Crippen LogP contribution < -0.4 is 16.8 Å². The summed E-state index contributed by atoms with van der Waals surface area (Å²) < 4.78 is 0. The number of nitrogens with one attached hydrogen (secondary N) is 1. The molecule has 0 spiro atoms. The number of aromatic nitrogens is 3. The molecule has 7 heteroatoms. The smallest absolute Gasteiger partial charge is 0.227 e. The lowest BCUT2D eigenvalue weighted by molar-refractivity contribution is -0.117. The number of primary amides is 1. The molecule has 0 aliphatic carbocycles. The number of aryl methyl sites for hydroxylation is 1. The normalized spacial score (nSPS) is 9.79. The Morgan fingerprint density at radius 1 is 1.43 bits per heavy atom. The molecule has 1 aromatic rings. The van der Waals surface area contributed by atoms with Crippen LogP contribution in [0.2, 0.25) is 0 Å². The molecule has 14 heavy (non-hydrogen) atoms. The SMILES string of the molecule is Cc1nc(N)nc(NCCC(N)=O)n1. The van der Waals surface area contributed by atoms with E-state index in [1.807, 2.05) is 0 Å². The van der Waals surface area contributed by atoms with Crippen LogP contribution in [0, 0.1) is 6.92 Å². The van der Waals surface area contributed by atoms with Crippen LogP contribution >= 0.6 is 0 Å². The molecule has 1 rings (SSSR count). The second-order valence-electron chi connectivity index (χ2n) is 2.71. The molecule has 0 saturated heterocycles. The van der Waals surface area contributed by atoms with Crippen molar-refractivity contribution in [1.29, 1.82) is 0 Å². The fourth-order valence-electron chi connectivity index (χ4n) is 0.879. The van der Waals surface area contributed by atoms with Crippen LogP contribution in [0.4, 0.5) is 11.9 Å². The van der Waals surface area contributed by atoms with E-state index in [0.29, 0.717) is 18.3 Å². The van der Waals surface area contributed by atoms with Crippen molar-refractivity contribution in [3.63, 3.8) is 0 Å². The minimum absolute atomic E-state index is 0.152. The van der Waals surface area contributed by atoms with Crippen LogP contribution in [0.5, 0.6) is 0 Å². The number of hydrogen-bond donors (Lipinski definition) is 3. The molecule has 0 bridgehead atoms. The summed E-state index contributed by atoms with van der Waals surface area (Å²) in [4.78, 5) is 22.0. The fourth-order valence-corrected chi connectivity index (χ4v) is 0.879.